The molecule has 14 nitrogen and oxygen atoms in total. The number of ketones is 2. The minimum absolute atomic E-state index is 0.0187. The number of aromatic hydroxyl groups is 1. The standard InChI is InChI=1S/C22H23ClN2O8.H2O4S/c1-21(32)7-6-8-15(25(2)3)17(28)13(20(24)31)19(30)22(8,33)18(29)11(7)16(27)12-10(26)5-4-9(23)14(12)21;1-5(2,3)4/h4-5,7-8,15,26-27,30,32-33H,6H2,1-3H3,(H2,24,31);(H2,1,2,3,4)/p-1/t7-,8-,15-,21-,22-;/m0./s1. The van der Waals surface area contributed by atoms with Crippen molar-refractivity contribution in [3.63, 3.8) is 0 Å². The van der Waals surface area contributed by atoms with Gasteiger partial charge >= 0.3 is 0 Å². The number of nitrogens with two attached hydrogens (primary N) is 1. The van der Waals surface area contributed by atoms with Gasteiger partial charge in [-0.1, -0.05) is 11.6 Å². The molecule has 0 saturated heterocycles. The third-order valence-corrected chi connectivity index (χ3v) is 7.39. The van der Waals surface area contributed by atoms with Gasteiger partial charge < -0.3 is 35.8 Å². The molecule has 1 amide bonds. The Labute approximate surface area is 220 Å². The number of aliphatic hydroxyl groups excluding tert-OH is 2. The van der Waals surface area contributed by atoms with E-state index in [4.69, 9.17) is 34.9 Å². The van der Waals surface area contributed by atoms with Crippen molar-refractivity contribution in [3.8, 4) is 5.75 Å². The number of nitrogens with zero attached hydrogens (tertiary/aromatic N) is 1. The van der Waals surface area contributed by atoms with Gasteiger partial charge in [-0.2, -0.15) is 0 Å². The molecule has 0 unspecified atom stereocenters. The highest BCUT2D eigenvalue weighted by molar-refractivity contribution is 7.79. The fourth-order valence-corrected chi connectivity index (χ4v) is 5.93. The van der Waals surface area contributed by atoms with Crippen molar-refractivity contribution in [1.29, 1.82) is 0 Å². The Hall–Kier alpha value is -3.05. The molecule has 38 heavy (non-hydrogen) atoms. The molecule has 16 heteroatoms. The van der Waals surface area contributed by atoms with Crippen molar-refractivity contribution in [2.24, 2.45) is 17.6 Å². The molecular weight excluding hydrogens is 552 g/mol. The van der Waals surface area contributed by atoms with Crippen molar-refractivity contribution in [3.05, 3.63) is 45.2 Å². The number of aliphatic hydroxyl groups is 4. The molecule has 0 heterocycles. The van der Waals surface area contributed by atoms with Gasteiger partial charge in [0.05, 0.1) is 17.2 Å². The number of carbonyl (C=O) groups excluding carboxylic acids is 3. The summed E-state index contributed by atoms with van der Waals surface area (Å²) >= 11 is 6.28. The molecule has 1 fully saturated rings. The number of amides is 1. The summed E-state index contributed by atoms with van der Waals surface area (Å²) in [5.74, 6) is -8.30. The number of hydrogen-bond donors (Lipinski definition) is 7. The van der Waals surface area contributed by atoms with Crippen LogP contribution in [-0.4, -0.2) is 91.2 Å². The quantitative estimate of drug-likeness (QED) is 0.131. The van der Waals surface area contributed by atoms with Gasteiger partial charge in [0, 0.05) is 28.0 Å². The third kappa shape index (κ3) is 4.35. The minimum Gasteiger partial charge on any atom is -0.726 e. The SMILES string of the molecule is CN(C)[C@@H]1C(=O)C(C(N)=O)=C(O)[C@@]2(O)C(=O)C3=C(O)c4c(O)ccc(Cl)c4[C@@](C)(O)[C@H]3C[C@@H]12.O=S(=O)([O-])O. The zero-order chi connectivity index (χ0) is 29.3. The molecule has 0 spiro atoms. The molecule has 1 aromatic rings. The lowest BCUT2D eigenvalue weighted by Crippen LogP contribution is -2.67. The van der Waals surface area contributed by atoms with Gasteiger partial charge in [-0.05, 0) is 39.6 Å². The number of phenols is 1. The highest BCUT2D eigenvalue weighted by atomic mass is 35.5. The molecule has 1 saturated carbocycles. The Morgan fingerprint density at radius 2 is 1.71 bits per heavy atom. The normalized spacial score (nSPS) is 30.8. The number of fused-ring (bicyclic) bond motifs is 3. The van der Waals surface area contributed by atoms with Gasteiger partial charge in [0.1, 0.15) is 22.8 Å². The van der Waals surface area contributed by atoms with E-state index in [1.165, 1.54) is 38.1 Å². The first kappa shape index (κ1) is 29.5. The predicted octanol–water partition coefficient (Wildman–Crippen LogP) is -0.713. The summed E-state index contributed by atoms with van der Waals surface area (Å²) in [5, 5.41) is 55.2. The maximum absolute atomic E-state index is 13.7. The average molecular weight is 576 g/mol. The monoisotopic (exact) mass is 575 g/mol. The van der Waals surface area contributed by atoms with Crippen LogP contribution in [0.15, 0.2) is 29.0 Å². The van der Waals surface area contributed by atoms with Crippen molar-refractivity contribution >= 4 is 45.2 Å². The van der Waals surface area contributed by atoms with Crippen LogP contribution in [0.25, 0.3) is 5.76 Å². The van der Waals surface area contributed by atoms with Gasteiger partial charge in [-0.15, -0.1) is 0 Å². The van der Waals surface area contributed by atoms with Crippen molar-refractivity contribution in [2.75, 3.05) is 14.1 Å². The predicted molar refractivity (Wildman–Crippen MR) is 127 cm³/mol. The maximum atomic E-state index is 13.7. The number of carbonyl (C=O) groups is 3. The number of rotatable bonds is 2. The Morgan fingerprint density at radius 1 is 1.18 bits per heavy atom. The first-order valence-corrected chi connectivity index (χ1v) is 12.5. The fraction of sp³-hybridized carbons (Fsp3) is 0.409. The van der Waals surface area contributed by atoms with Crippen molar-refractivity contribution in [2.45, 2.75) is 30.6 Å². The summed E-state index contributed by atoms with van der Waals surface area (Å²) in [4.78, 5) is 40.1. The van der Waals surface area contributed by atoms with Crippen LogP contribution in [0.1, 0.15) is 24.5 Å². The Balaban J connectivity index is 0.000000732. The van der Waals surface area contributed by atoms with Crippen LogP contribution < -0.4 is 5.73 Å². The summed E-state index contributed by atoms with van der Waals surface area (Å²) in [6.45, 7) is 1.34. The summed E-state index contributed by atoms with van der Waals surface area (Å²) in [6.07, 6.45) is -0.259. The largest absolute Gasteiger partial charge is 0.726 e. The number of Topliss-reactive ketones (excluding diaryl/α,β-unsaturated/α-hetero) is 2. The van der Waals surface area contributed by atoms with Crippen LogP contribution >= 0.6 is 11.6 Å². The molecule has 0 bridgehead atoms. The van der Waals surface area contributed by atoms with Crippen LogP contribution in [0, 0.1) is 11.8 Å². The summed E-state index contributed by atoms with van der Waals surface area (Å²) in [7, 11) is -1.94. The van der Waals surface area contributed by atoms with Crippen LogP contribution in [0.4, 0.5) is 0 Å². The number of primary amides is 1. The van der Waals surface area contributed by atoms with E-state index >= 15 is 0 Å². The molecule has 5 atom stereocenters. The van der Waals surface area contributed by atoms with E-state index in [0.29, 0.717) is 0 Å². The number of benzene rings is 1. The first-order valence-electron chi connectivity index (χ1n) is 10.8. The van der Waals surface area contributed by atoms with E-state index in [1.54, 1.807) is 0 Å². The molecule has 208 valence electrons. The van der Waals surface area contributed by atoms with Crippen LogP contribution in [0.3, 0.4) is 0 Å². The Bertz CT molecular complexity index is 1420. The summed E-state index contributed by atoms with van der Waals surface area (Å²) in [6, 6.07) is 1.24. The molecule has 3 aliphatic carbocycles. The molecule has 8 N–H and O–H groups in total. The van der Waals surface area contributed by atoms with Crippen LogP contribution in [0.2, 0.25) is 5.02 Å². The van der Waals surface area contributed by atoms with E-state index in [9.17, 15) is 39.9 Å². The molecule has 3 aliphatic rings. The van der Waals surface area contributed by atoms with Crippen molar-refractivity contribution < 1.29 is 57.4 Å². The number of halogens is 1. The zero-order valence-corrected chi connectivity index (χ0v) is 21.6. The van der Waals surface area contributed by atoms with Gasteiger partial charge in [0.2, 0.25) is 16.2 Å². The fourth-order valence-electron chi connectivity index (χ4n) is 5.58. The van der Waals surface area contributed by atoms with E-state index in [0.717, 1.165) is 0 Å². The lowest BCUT2D eigenvalue weighted by molar-refractivity contribution is -0.159. The maximum Gasteiger partial charge on any atom is 0.255 e. The van der Waals surface area contributed by atoms with E-state index in [2.05, 4.69) is 0 Å². The number of phenolic OH excluding ortho intramolecular Hbond substituents is 1. The Kier molecular flexibility index (Phi) is 7.22. The smallest absolute Gasteiger partial charge is 0.255 e. The highest BCUT2D eigenvalue weighted by Gasteiger charge is 2.66. The molecular formula is C22H24ClN2O12S-. The summed E-state index contributed by atoms with van der Waals surface area (Å²) < 4.78 is 32.8. The number of likely N-dealkylation sites (N-methyl/N-ethyl adjacent to an activating group) is 1. The minimum atomic E-state index is -4.92. The van der Waals surface area contributed by atoms with E-state index < -0.39 is 85.4 Å². The zero-order valence-electron chi connectivity index (χ0n) is 20.0. The van der Waals surface area contributed by atoms with Crippen molar-refractivity contribution in [1.82, 2.24) is 4.90 Å². The van der Waals surface area contributed by atoms with Gasteiger partial charge in [-0.25, -0.2) is 8.42 Å². The second-order valence-corrected chi connectivity index (χ2v) is 10.8. The Morgan fingerprint density at radius 3 is 2.18 bits per heavy atom. The second-order valence-electron chi connectivity index (χ2n) is 9.50. The lowest BCUT2D eigenvalue weighted by atomic mass is 9.54. The second kappa shape index (κ2) is 9.30. The molecule has 4 rings (SSSR count). The van der Waals surface area contributed by atoms with E-state index in [-0.39, 0.29) is 22.6 Å². The number of hydrogen-bond acceptors (Lipinski definition) is 12. The topological polar surface area (TPSA) is 259 Å². The van der Waals surface area contributed by atoms with Gasteiger partial charge in [0.15, 0.2) is 11.4 Å². The van der Waals surface area contributed by atoms with E-state index in [1.807, 2.05) is 0 Å². The average Bonchev–Trinajstić information content (AvgIpc) is 2.74. The highest BCUT2D eigenvalue weighted by Crippen LogP contribution is 2.58. The first-order chi connectivity index (χ1) is 17.2. The molecule has 0 aliphatic heterocycles. The van der Waals surface area contributed by atoms with Crippen LogP contribution in [0.5, 0.6) is 5.75 Å². The van der Waals surface area contributed by atoms with Gasteiger partial charge in [-0.3, -0.25) is 23.8 Å². The summed E-state index contributed by atoms with van der Waals surface area (Å²) in [5.41, 5.74) is -1.10. The van der Waals surface area contributed by atoms with Crippen LogP contribution in [-0.2, 0) is 30.4 Å². The molecule has 0 radical (unpaired) electrons. The lowest BCUT2D eigenvalue weighted by Gasteiger charge is -2.53. The van der Waals surface area contributed by atoms with Gasteiger partial charge in [0.25, 0.3) is 5.91 Å². The molecule has 1 aromatic carbocycles. The molecule has 0 aromatic heterocycles. The third-order valence-electron chi connectivity index (χ3n) is 7.07.